The summed E-state index contributed by atoms with van der Waals surface area (Å²) in [5.74, 6) is 2.25. The summed E-state index contributed by atoms with van der Waals surface area (Å²) in [6.07, 6.45) is 0. The molecule has 134 valence electrons. The Morgan fingerprint density at radius 3 is 2.65 bits per heavy atom. The molecule has 1 aromatic heterocycles. The van der Waals surface area contributed by atoms with Gasteiger partial charge < -0.3 is 14.6 Å². The van der Waals surface area contributed by atoms with Crippen molar-refractivity contribution in [2.45, 2.75) is 24.5 Å². The van der Waals surface area contributed by atoms with Gasteiger partial charge in [0.1, 0.15) is 5.75 Å². The molecule has 0 saturated carbocycles. The molecule has 3 rings (SSSR count). The molecule has 0 saturated heterocycles. The highest BCUT2D eigenvalue weighted by Crippen LogP contribution is 2.26. The summed E-state index contributed by atoms with van der Waals surface area (Å²) < 4.78 is 10.5. The minimum Gasteiger partial charge on any atom is -0.494 e. The van der Waals surface area contributed by atoms with Crippen LogP contribution >= 0.6 is 11.8 Å². The van der Waals surface area contributed by atoms with E-state index >= 15 is 0 Å². The van der Waals surface area contributed by atoms with E-state index in [-0.39, 0.29) is 5.91 Å². The van der Waals surface area contributed by atoms with Crippen LogP contribution in [-0.2, 0) is 5.75 Å². The Labute approximate surface area is 156 Å². The fraction of sp³-hybridized carbons (Fsp3) is 0.211. The number of ether oxygens (including phenoxy) is 1. The van der Waals surface area contributed by atoms with Crippen LogP contribution in [0.15, 0.2) is 57.9 Å². The van der Waals surface area contributed by atoms with Crippen LogP contribution < -0.4 is 10.1 Å². The molecule has 0 aliphatic carbocycles. The van der Waals surface area contributed by atoms with Crippen LogP contribution in [0.1, 0.15) is 29.0 Å². The maximum atomic E-state index is 12.7. The predicted octanol–water partition coefficient (Wildman–Crippen LogP) is 4.32. The zero-order valence-corrected chi connectivity index (χ0v) is 15.4. The first-order valence-corrected chi connectivity index (χ1v) is 9.19. The van der Waals surface area contributed by atoms with Crippen molar-refractivity contribution in [2.24, 2.45) is 0 Å². The lowest BCUT2D eigenvalue weighted by molar-refractivity contribution is 0.102. The lowest BCUT2D eigenvalue weighted by Crippen LogP contribution is -2.13. The van der Waals surface area contributed by atoms with Crippen molar-refractivity contribution >= 4 is 23.4 Å². The van der Waals surface area contributed by atoms with E-state index in [0.717, 1.165) is 10.6 Å². The molecule has 0 unspecified atom stereocenters. The van der Waals surface area contributed by atoms with Gasteiger partial charge in [-0.05, 0) is 50.2 Å². The number of thioether (sulfide) groups is 1. The summed E-state index contributed by atoms with van der Waals surface area (Å²) in [5, 5.41) is 6.68. The number of carbonyl (C=O) groups excluding carboxylic acids is 1. The number of amides is 1. The molecular formula is C19H19N3O3S. The number of nitrogens with one attached hydrogen (secondary N) is 1. The van der Waals surface area contributed by atoms with Gasteiger partial charge in [-0.1, -0.05) is 17.3 Å². The van der Waals surface area contributed by atoms with Gasteiger partial charge in [0, 0.05) is 10.6 Å². The molecule has 0 atom stereocenters. The lowest BCUT2D eigenvalue weighted by atomic mass is 10.2. The average Bonchev–Trinajstić information content (AvgIpc) is 3.07. The molecule has 1 amide bonds. The van der Waals surface area contributed by atoms with Crippen molar-refractivity contribution < 1.29 is 14.1 Å². The summed E-state index contributed by atoms with van der Waals surface area (Å²) in [6.45, 7) is 4.31. The minimum absolute atomic E-state index is 0.168. The molecular weight excluding hydrogens is 350 g/mol. The van der Waals surface area contributed by atoms with Gasteiger partial charge in [-0.15, -0.1) is 11.8 Å². The predicted molar refractivity (Wildman–Crippen MR) is 101 cm³/mol. The number of rotatable bonds is 7. The third-order valence-electron chi connectivity index (χ3n) is 3.48. The summed E-state index contributed by atoms with van der Waals surface area (Å²) in [7, 11) is 0. The highest BCUT2D eigenvalue weighted by molar-refractivity contribution is 7.98. The SMILES string of the molecule is CCOc1ccc(NC(=O)c2ccccc2SCc2nc(C)no2)cc1. The van der Waals surface area contributed by atoms with E-state index in [2.05, 4.69) is 15.5 Å². The normalized spacial score (nSPS) is 10.5. The van der Waals surface area contributed by atoms with Gasteiger partial charge in [-0.2, -0.15) is 4.98 Å². The second kappa shape index (κ2) is 8.53. The fourth-order valence-electron chi connectivity index (χ4n) is 2.32. The molecule has 6 nitrogen and oxygen atoms in total. The summed E-state index contributed by atoms with van der Waals surface area (Å²) in [6, 6.07) is 14.7. The lowest BCUT2D eigenvalue weighted by Gasteiger charge is -2.10. The summed E-state index contributed by atoms with van der Waals surface area (Å²) >= 11 is 1.48. The van der Waals surface area contributed by atoms with E-state index in [1.54, 1.807) is 13.0 Å². The van der Waals surface area contributed by atoms with Crippen molar-refractivity contribution in [3.8, 4) is 5.75 Å². The Hall–Kier alpha value is -2.80. The maximum Gasteiger partial charge on any atom is 0.256 e. The number of hydrogen-bond donors (Lipinski definition) is 1. The van der Waals surface area contributed by atoms with Crippen molar-refractivity contribution in [2.75, 3.05) is 11.9 Å². The van der Waals surface area contributed by atoms with E-state index in [9.17, 15) is 4.79 Å². The molecule has 2 aromatic carbocycles. The number of carbonyl (C=O) groups is 1. The van der Waals surface area contributed by atoms with Crippen molar-refractivity contribution in [1.82, 2.24) is 10.1 Å². The smallest absolute Gasteiger partial charge is 0.256 e. The molecule has 0 bridgehead atoms. The van der Waals surface area contributed by atoms with Gasteiger partial charge in [0.25, 0.3) is 5.91 Å². The average molecular weight is 369 g/mol. The quantitative estimate of drug-likeness (QED) is 0.625. The first kappa shape index (κ1) is 18.0. The van der Waals surface area contributed by atoms with E-state index in [4.69, 9.17) is 9.26 Å². The Kier molecular flexibility index (Phi) is 5.91. The first-order valence-electron chi connectivity index (χ1n) is 8.21. The molecule has 7 heteroatoms. The zero-order chi connectivity index (χ0) is 18.4. The molecule has 26 heavy (non-hydrogen) atoms. The maximum absolute atomic E-state index is 12.7. The Morgan fingerprint density at radius 1 is 1.19 bits per heavy atom. The fourth-order valence-corrected chi connectivity index (χ4v) is 3.21. The summed E-state index contributed by atoms with van der Waals surface area (Å²) in [5.41, 5.74) is 1.31. The van der Waals surface area contributed by atoms with Crippen molar-refractivity contribution in [1.29, 1.82) is 0 Å². The van der Waals surface area contributed by atoms with Crippen LogP contribution in [-0.4, -0.2) is 22.7 Å². The number of anilines is 1. The summed E-state index contributed by atoms with van der Waals surface area (Å²) in [4.78, 5) is 17.7. The molecule has 3 aromatic rings. The third-order valence-corrected chi connectivity index (χ3v) is 4.53. The largest absolute Gasteiger partial charge is 0.494 e. The van der Waals surface area contributed by atoms with Crippen molar-refractivity contribution in [3.05, 3.63) is 65.8 Å². The highest BCUT2D eigenvalue weighted by Gasteiger charge is 2.13. The van der Waals surface area contributed by atoms with Crippen LogP contribution in [0.2, 0.25) is 0 Å². The van der Waals surface area contributed by atoms with Crippen LogP contribution in [0.5, 0.6) is 5.75 Å². The topological polar surface area (TPSA) is 77.2 Å². The van der Waals surface area contributed by atoms with E-state index < -0.39 is 0 Å². The number of aryl methyl sites for hydroxylation is 1. The Morgan fingerprint density at radius 2 is 1.96 bits per heavy atom. The van der Waals surface area contributed by atoms with Gasteiger partial charge in [-0.3, -0.25) is 4.79 Å². The zero-order valence-electron chi connectivity index (χ0n) is 14.6. The van der Waals surface area contributed by atoms with Crippen LogP contribution in [0.4, 0.5) is 5.69 Å². The number of benzene rings is 2. The molecule has 0 spiro atoms. The van der Waals surface area contributed by atoms with Crippen LogP contribution in [0, 0.1) is 6.92 Å². The Balaban J connectivity index is 1.68. The monoisotopic (exact) mass is 369 g/mol. The molecule has 0 fully saturated rings. The van der Waals surface area contributed by atoms with Gasteiger partial charge >= 0.3 is 0 Å². The van der Waals surface area contributed by atoms with Crippen LogP contribution in [0.3, 0.4) is 0 Å². The third kappa shape index (κ3) is 4.64. The van der Waals surface area contributed by atoms with Gasteiger partial charge in [0.2, 0.25) is 5.89 Å². The van der Waals surface area contributed by atoms with Crippen molar-refractivity contribution in [3.63, 3.8) is 0 Å². The second-order valence-electron chi connectivity index (χ2n) is 5.43. The van der Waals surface area contributed by atoms with Gasteiger partial charge in [0.05, 0.1) is 17.9 Å². The number of nitrogens with zero attached hydrogens (tertiary/aromatic N) is 2. The first-order chi connectivity index (χ1) is 12.7. The molecule has 0 aliphatic heterocycles. The van der Waals surface area contributed by atoms with Crippen LogP contribution in [0.25, 0.3) is 0 Å². The van der Waals surface area contributed by atoms with E-state index in [1.807, 2.05) is 49.4 Å². The minimum atomic E-state index is -0.168. The molecule has 0 aliphatic rings. The number of aromatic nitrogens is 2. The molecule has 0 radical (unpaired) electrons. The molecule has 1 N–H and O–H groups in total. The highest BCUT2D eigenvalue weighted by atomic mass is 32.2. The molecule has 1 heterocycles. The number of hydrogen-bond acceptors (Lipinski definition) is 6. The van der Waals surface area contributed by atoms with Gasteiger partial charge in [-0.25, -0.2) is 0 Å². The van der Waals surface area contributed by atoms with E-state index in [0.29, 0.717) is 35.3 Å². The standard InChI is InChI=1S/C19H19N3O3S/c1-3-24-15-10-8-14(9-11-15)21-19(23)16-6-4-5-7-17(16)26-12-18-20-13(2)22-25-18/h4-11H,3,12H2,1-2H3,(H,21,23). The second-order valence-corrected chi connectivity index (χ2v) is 6.45. The van der Waals surface area contributed by atoms with Gasteiger partial charge in [0.15, 0.2) is 5.82 Å². The van der Waals surface area contributed by atoms with E-state index in [1.165, 1.54) is 11.8 Å². The Bertz CT molecular complexity index is 878.